The Balaban J connectivity index is 0.00000280. The van der Waals surface area contributed by atoms with Crippen molar-refractivity contribution in [2.24, 2.45) is 5.92 Å². The predicted molar refractivity (Wildman–Crippen MR) is 114 cm³/mol. The van der Waals surface area contributed by atoms with Crippen molar-refractivity contribution < 1.29 is 4.92 Å². The molecule has 1 fully saturated rings. The molecule has 1 unspecified atom stereocenters. The summed E-state index contributed by atoms with van der Waals surface area (Å²) in [4.78, 5) is 24.7. The summed E-state index contributed by atoms with van der Waals surface area (Å²) < 4.78 is 0. The topological polar surface area (TPSA) is 75.4 Å². The first-order valence-corrected chi connectivity index (χ1v) is 9.47. The van der Waals surface area contributed by atoms with Crippen molar-refractivity contribution in [2.75, 3.05) is 31.6 Å². The molecule has 1 aliphatic rings. The van der Waals surface area contributed by atoms with E-state index in [9.17, 15) is 10.1 Å². The van der Waals surface area contributed by atoms with Gasteiger partial charge in [-0.3, -0.25) is 10.1 Å². The number of hydrogen-bond donors (Lipinski definition) is 0. The molecule has 28 heavy (non-hydrogen) atoms. The van der Waals surface area contributed by atoms with E-state index in [1.807, 2.05) is 0 Å². The lowest BCUT2D eigenvalue weighted by Crippen LogP contribution is -2.54. The maximum absolute atomic E-state index is 10.9. The van der Waals surface area contributed by atoms with Crippen molar-refractivity contribution >= 4 is 23.9 Å². The Labute approximate surface area is 172 Å². The van der Waals surface area contributed by atoms with Gasteiger partial charge in [0.05, 0.1) is 4.92 Å². The number of nitrogens with zero attached hydrogens (tertiary/aromatic N) is 5. The van der Waals surface area contributed by atoms with E-state index in [4.69, 9.17) is 4.98 Å². The van der Waals surface area contributed by atoms with E-state index in [1.165, 1.54) is 12.1 Å². The quantitative estimate of drug-likeness (QED) is 0.556. The third kappa shape index (κ3) is 4.77. The van der Waals surface area contributed by atoms with Gasteiger partial charge in [-0.05, 0) is 31.5 Å². The molecule has 2 heterocycles. The van der Waals surface area contributed by atoms with Gasteiger partial charge in [-0.15, -0.1) is 12.4 Å². The van der Waals surface area contributed by atoms with Crippen molar-refractivity contribution in [3.63, 3.8) is 0 Å². The van der Waals surface area contributed by atoms with E-state index >= 15 is 0 Å². The van der Waals surface area contributed by atoms with Crippen molar-refractivity contribution in [1.82, 2.24) is 14.9 Å². The zero-order valence-electron chi connectivity index (χ0n) is 16.8. The third-order valence-electron chi connectivity index (χ3n) is 5.15. The zero-order chi connectivity index (χ0) is 19.6. The minimum atomic E-state index is -0.393. The number of benzene rings is 1. The Bertz CT molecular complexity index is 813. The fourth-order valence-electron chi connectivity index (χ4n) is 3.48. The first kappa shape index (κ1) is 22.0. The van der Waals surface area contributed by atoms with Crippen LogP contribution in [0.2, 0.25) is 0 Å². The normalized spacial score (nSPS) is 17.5. The van der Waals surface area contributed by atoms with Crippen LogP contribution in [0.4, 0.5) is 11.5 Å². The van der Waals surface area contributed by atoms with Crippen LogP contribution < -0.4 is 4.90 Å². The summed E-state index contributed by atoms with van der Waals surface area (Å²) >= 11 is 0. The van der Waals surface area contributed by atoms with Crippen LogP contribution in [-0.4, -0.2) is 52.5 Å². The van der Waals surface area contributed by atoms with Gasteiger partial charge in [0, 0.05) is 55.1 Å². The second-order valence-corrected chi connectivity index (χ2v) is 7.47. The Morgan fingerprint density at radius 1 is 1.21 bits per heavy atom. The number of nitro groups is 1. The summed E-state index contributed by atoms with van der Waals surface area (Å²) in [6.45, 7) is 9.51. The average Bonchev–Trinajstić information content (AvgIpc) is 2.67. The number of non-ortho nitro benzene ring substituents is 1. The fourth-order valence-corrected chi connectivity index (χ4v) is 3.48. The largest absolute Gasteiger partial charge is 0.351 e. The van der Waals surface area contributed by atoms with Crippen molar-refractivity contribution in [2.45, 2.75) is 33.2 Å². The number of halogens is 1. The van der Waals surface area contributed by atoms with Crippen molar-refractivity contribution in [3.8, 4) is 11.4 Å². The average molecular weight is 406 g/mol. The van der Waals surface area contributed by atoms with Gasteiger partial charge in [0.15, 0.2) is 5.82 Å². The van der Waals surface area contributed by atoms with E-state index < -0.39 is 4.92 Å². The molecule has 1 saturated heterocycles. The summed E-state index contributed by atoms with van der Waals surface area (Å²) in [7, 11) is 2.16. The van der Waals surface area contributed by atoms with E-state index in [1.54, 1.807) is 12.1 Å². The Kier molecular flexibility index (Phi) is 7.32. The molecule has 0 bridgehead atoms. The number of nitro benzene ring substituents is 1. The van der Waals surface area contributed by atoms with Gasteiger partial charge in [0.25, 0.3) is 5.69 Å². The van der Waals surface area contributed by atoms with Crippen LogP contribution in [-0.2, 0) is 6.42 Å². The molecule has 8 heteroatoms. The molecule has 0 saturated carbocycles. The summed E-state index contributed by atoms with van der Waals surface area (Å²) in [6, 6.07) is 8.93. The molecular formula is C20H28ClN5O2. The minimum absolute atomic E-state index is 0. The third-order valence-corrected chi connectivity index (χ3v) is 5.15. The van der Waals surface area contributed by atoms with E-state index in [-0.39, 0.29) is 18.1 Å². The molecule has 0 N–H and O–H groups in total. The molecule has 1 aromatic carbocycles. The lowest BCUT2D eigenvalue weighted by Gasteiger charge is -2.43. The van der Waals surface area contributed by atoms with Crippen LogP contribution >= 0.6 is 12.4 Å². The molecule has 1 aliphatic heterocycles. The molecule has 1 aromatic heterocycles. The minimum Gasteiger partial charge on any atom is -0.351 e. The molecule has 0 radical (unpaired) electrons. The van der Waals surface area contributed by atoms with Crippen molar-refractivity contribution in [1.29, 1.82) is 0 Å². The molecular weight excluding hydrogens is 378 g/mol. The Morgan fingerprint density at radius 3 is 2.46 bits per heavy atom. The van der Waals surface area contributed by atoms with Gasteiger partial charge in [-0.2, -0.15) is 0 Å². The van der Waals surface area contributed by atoms with Gasteiger partial charge in [0.1, 0.15) is 5.82 Å². The van der Waals surface area contributed by atoms with Gasteiger partial charge in [-0.1, -0.05) is 20.8 Å². The molecule has 7 nitrogen and oxygen atoms in total. The SMILES string of the molecule is CCc1cc(N2CCN(C)CC2C(C)C)nc(-c2ccc([N+](=O)[O-])cc2)n1.Cl. The molecule has 1 atom stereocenters. The number of aryl methyl sites for hydroxylation is 1. The van der Waals surface area contributed by atoms with Crippen LogP contribution in [0.5, 0.6) is 0 Å². The van der Waals surface area contributed by atoms with Crippen LogP contribution in [0.1, 0.15) is 26.5 Å². The van der Waals surface area contributed by atoms with E-state index in [2.05, 4.69) is 48.7 Å². The second kappa shape index (κ2) is 9.30. The molecule has 2 aromatic rings. The van der Waals surface area contributed by atoms with Crippen LogP contribution in [0.25, 0.3) is 11.4 Å². The zero-order valence-corrected chi connectivity index (χ0v) is 17.6. The number of aromatic nitrogens is 2. The highest BCUT2D eigenvalue weighted by Crippen LogP contribution is 2.27. The van der Waals surface area contributed by atoms with Gasteiger partial charge in [-0.25, -0.2) is 9.97 Å². The number of piperazine rings is 1. The second-order valence-electron chi connectivity index (χ2n) is 7.47. The number of rotatable bonds is 5. The summed E-state index contributed by atoms with van der Waals surface area (Å²) in [5.41, 5.74) is 1.85. The maximum Gasteiger partial charge on any atom is 0.269 e. The molecule has 152 valence electrons. The molecule has 0 spiro atoms. The highest BCUT2D eigenvalue weighted by atomic mass is 35.5. The first-order valence-electron chi connectivity index (χ1n) is 9.47. The smallest absolute Gasteiger partial charge is 0.269 e. The monoisotopic (exact) mass is 405 g/mol. The van der Waals surface area contributed by atoms with Gasteiger partial charge < -0.3 is 9.80 Å². The Hall–Kier alpha value is -2.25. The number of anilines is 1. The highest BCUT2D eigenvalue weighted by Gasteiger charge is 2.29. The maximum atomic E-state index is 10.9. The highest BCUT2D eigenvalue weighted by molar-refractivity contribution is 5.85. The fraction of sp³-hybridized carbons (Fsp3) is 0.500. The molecule has 0 amide bonds. The standard InChI is InChI=1S/C20H27N5O2.ClH/c1-5-16-12-19(24-11-10-23(4)13-18(24)14(2)3)22-20(21-16)15-6-8-17(9-7-15)25(26)27;/h6-9,12,14,18H,5,10-11,13H2,1-4H3;1H. The van der Waals surface area contributed by atoms with Crippen molar-refractivity contribution in [3.05, 3.63) is 46.1 Å². The number of likely N-dealkylation sites (N-methyl/N-ethyl adjacent to an activating group) is 1. The van der Waals surface area contributed by atoms with Gasteiger partial charge >= 0.3 is 0 Å². The lowest BCUT2D eigenvalue weighted by atomic mass is 9.99. The van der Waals surface area contributed by atoms with E-state index in [0.29, 0.717) is 17.8 Å². The van der Waals surface area contributed by atoms with Crippen LogP contribution in [0.15, 0.2) is 30.3 Å². The first-order chi connectivity index (χ1) is 12.9. The molecule has 3 rings (SSSR count). The van der Waals surface area contributed by atoms with E-state index in [0.717, 1.165) is 43.1 Å². The van der Waals surface area contributed by atoms with Gasteiger partial charge in [0.2, 0.25) is 0 Å². The molecule has 0 aliphatic carbocycles. The predicted octanol–water partition coefficient (Wildman–Crippen LogP) is 3.81. The van der Waals surface area contributed by atoms with Crippen LogP contribution in [0.3, 0.4) is 0 Å². The summed E-state index contributed by atoms with van der Waals surface area (Å²) in [5.74, 6) is 2.08. The summed E-state index contributed by atoms with van der Waals surface area (Å²) in [5, 5.41) is 10.9. The Morgan fingerprint density at radius 2 is 1.89 bits per heavy atom. The summed E-state index contributed by atoms with van der Waals surface area (Å²) in [6.07, 6.45) is 0.815. The number of hydrogen-bond acceptors (Lipinski definition) is 6. The van der Waals surface area contributed by atoms with Crippen LogP contribution in [0, 0.1) is 16.0 Å². The lowest BCUT2D eigenvalue weighted by molar-refractivity contribution is -0.384.